The minimum atomic E-state index is -4.70. The quantitative estimate of drug-likeness (QED) is 0.852. The molecular weight excluding hydrogens is 276 g/mol. The first-order valence-corrected chi connectivity index (χ1v) is 6.74. The maximum atomic E-state index is 12.4. The predicted molar refractivity (Wildman–Crippen MR) is 65.4 cm³/mol. The van der Waals surface area contributed by atoms with E-state index in [1.807, 2.05) is 0 Å². The summed E-state index contributed by atoms with van der Waals surface area (Å²) in [5, 5.41) is 2.41. The van der Waals surface area contributed by atoms with Gasteiger partial charge in [0.2, 0.25) is 9.84 Å². The first-order chi connectivity index (χ1) is 8.89. The molecule has 0 heterocycles. The van der Waals surface area contributed by atoms with E-state index in [9.17, 15) is 22.0 Å². The van der Waals surface area contributed by atoms with E-state index in [4.69, 9.17) is 0 Å². The molecule has 1 aromatic rings. The summed E-state index contributed by atoms with van der Waals surface area (Å²) in [6.07, 6.45) is 0. The van der Waals surface area contributed by atoms with Gasteiger partial charge in [0, 0.05) is 5.56 Å². The fraction of sp³-hybridized carbons (Fsp3) is 0.250. The number of hydrogen-bond donors (Lipinski definition) is 1. The molecule has 0 spiro atoms. The van der Waals surface area contributed by atoms with Gasteiger partial charge in [-0.2, -0.15) is 8.78 Å². The molecule has 0 saturated carbocycles. The second-order valence-corrected chi connectivity index (χ2v) is 5.36. The van der Waals surface area contributed by atoms with Crippen molar-refractivity contribution < 1.29 is 22.0 Å². The Bertz CT molecular complexity index is 630. The Balaban J connectivity index is 3.00. The van der Waals surface area contributed by atoms with Gasteiger partial charge in [-0.25, -0.2) is 8.42 Å². The lowest BCUT2D eigenvalue weighted by molar-refractivity contribution is 0.0958. The molecule has 0 aliphatic heterocycles. The van der Waals surface area contributed by atoms with Crippen LogP contribution in [-0.2, 0) is 9.84 Å². The zero-order valence-electron chi connectivity index (χ0n) is 9.98. The summed E-state index contributed by atoms with van der Waals surface area (Å²) in [4.78, 5) is 11.0. The third-order valence-corrected chi connectivity index (χ3v) is 3.55. The van der Waals surface area contributed by atoms with Gasteiger partial charge in [-0.05, 0) is 25.1 Å². The summed E-state index contributed by atoms with van der Waals surface area (Å²) < 4.78 is 47.3. The second kappa shape index (κ2) is 6.29. The molecule has 0 radical (unpaired) electrons. The van der Waals surface area contributed by atoms with Crippen molar-refractivity contribution in [3.8, 4) is 11.8 Å². The largest absolute Gasteiger partial charge is 0.341 e. The van der Waals surface area contributed by atoms with Crippen molar-refractivity contribution in [2.24, 2.45) is 0 Å². The molecule has 0 aliphatic carbocycles. The van der Waals surface area contributed by atoms with Crippen LogP contribution in [0, 0.1) is 11.8 Å². The number of rotatable bonds is 4. The van der Waals surface area contributed by atoms with E-state index in [0.717, 1.165) is 12.1 Å². The smallest absolute Gasteiger partial charge is 0.341 e. The SMILES string of the molecule is CC#CCNC(=O)c1cccc(S(=O)(=O)C(F)F)c1. The van der Waals surface area contributed by atoms with Crippen molar-refractivity contribution in [2.75, 3.05) is 6.54 Å². The Morgan fingerprint density at radius 2 is 2.11 bits per heavy atom. The molecule has 0 aliphatic rings. The third kappa shape index (κ3) is 3.76. The van der Waals surface area contributed by atoms with Crippen molar-refractivity contribution in [1.82, 2.24) is 5.32 Å². The second-order valence-electron chi connectivity index (χ2n) is 3.44. The summed E-state index contributed by atoms with van der Waals surface area (Å²) in [5.41, 5.74) is -0.0142. The van der Waals surface area contributed by atoms with E-state index in [1.54, 1.807) is 6.92 Å². The topological polar surface area (TPSA) is 63.2 Å². The van der Waals surface area contributed by atoms with Crippen LogP contribution in [0.3, 0.4) is 0 Å². The molecule has 0 bridgehead atoms. The highest BCUT2D eigenvalue weighted by Crippen LogP contribution is 2.19. The lowest BCUT2D eigenvalue weighted by atomic mass is 10.2. The van der Waals surface area contributed by atoms with Crippen LogP contribution in [-0.4, -0.2) is 26.6 Å². The molecule has 0 fully saturated rings. The van der Waals surface area contributed by atoms with Crippen LogP contribution in [0.5, 0.6) is 0 Å². The third-order valence-electron chi connectivity index (χ3n) is 2.17. The van der Waals surface area contributed by atoms with Gasteiger partial charge in [0.1, 0.15) is 0 Å². The number of carbonyl (C=O) groups excluding carboxylic acids is 1. The Labute approximate surface area is 109 Å². The standard InChI is InChI=1S/C12H11F2NO3S/c1-2-3-7-15-11(16)9-5-4-6-10(8-9)19(17,18)12(13)14/h4-6,8,12H,7H2,1H3,(H,15,16). The minimum absolute atomic E-state index is 0.0142. The summed E-state index contributed by atoms with van der Waals surface area (Å²) in [7, 11) is -4.70. The summed E-state index contributed by atoms with van der Waals surface area (Å²) in [6.45, 7) is 1.70. The van der Waals surface area contributed by atoms with Crippen LogP contribution in [0.4, 0.5) is 8.78 Å². The number of halogens is 2. The Morgan fingerprint density at radius 3 is 2.68 bits per heavy atom. The number of alkyl halides is 2. The Hall–Kier alpha value is -1.94. The molecule has 1 rings (SSSR count). The van der Waals surface area contributed by atoms with Crippen LogP contribution >= 0.6 is 0 Å². The van der Waals surface area contributed by atoms with E-state index < -0.39 is 26.4 Å². The summed E-state index contributed by atoms with van der Waals surface area (Å²) >= 11 is 0. The van der Waals surface area contributed by atoms with Gasteiger partial charge in [-0.15, -0.1) is 5.92 Å². The van der Waals surface area contributed by atoms with Crippen molar-refractivity contribution in [3.63, 3.8) is 0 Å². The highest BCUT2D eigenvalue weighted by molar-refractivity contribution is 7.91. The van der Waals surface area contributed by atoms with Gasteiger partial charge in [-0.3, -0.25) is 4.79 Å². The van der Waals surface area contributed by atoms with Crippen LogP contribution in [0.15, 0.2) is 29.2 Å². The van der Waals surface area contributed by atoms with Gasteiger partial charge >= 0.3 is 5.76 Å². The number of amides is 1. The zero-order chi connectivity index (χ0) is 14.5. The fourth-order valence-corrected chi connectivity index (χ4v) is 2.00. The average molecular weight is 287 g/mol. The molecule has 102 valence electrons. The number of carbonyl (C=O) groups is 1. The normalized spacial score (nSPS) is 10.7. The highest BCUT2D eigenvalue weighted by atomic mass is 32.2. The molecule has 0 saturated heterocycles. The lowest BCUT2D eigenvalue weighted by Gasteiger charge is -2.05. The number of nitrogens with one attached hydrogen (secondary N) is 1. The van der Waals surface area contributed by atoms with Crippen LogP contribution in [0.2, 0.25) is 0 Å². The van der Waals surface area contributed by atoms with E-state index >= 15 is 0 Å². The van der Waals surface area contributed by atoms with Gasteiger partial charge < -0.3 is 5.32 Å². The Morgan fingerprint density at radius 1 is 1.42 bits per heavy atom. The van der Waals surface area contributed by atoms with E-state index in [1.165, 1.54) is 12.1 Å². The van der Waals surface area contributed by atoms with E-state index in [0.29, 0.717) is 0 Å². The zero-order valence-corrected chi connectivity index (χ0v) is 10.8. The molecule has 0 unspecified atom stereocenters. The highest BCUT2D eigenvalue weighted by Gasteiger charge is 2.27. The molecule has 1 aromatic carbocycles. The van der Waals surface area contributed by atoms with E-state index in [-0.39, 0.29) is 12.1 Å². The van der Waals surface area contributed by atoms with Gasteiger partial charge in [0.25, 0.3) is 5.91 Å². The van der Waals surface area contributed by atoms with Crippen molar-refractivity contribution in [2.45, 2.75) is 17.6 Å². The van der Waals surface area contributed by atoms with Gasteiger partial charge in [0.15, 0.2) is 0 Å². The summed E-state index contributed by atoms with van der Waals surface area (Å²) in [6, 6.07) is 4.50. The number of sulfone groups is 1. The average Bonchev–Trinajstić information content (AvgIpc) is 2.39. The van der Waals surface area contributed by atoms with Crippen LogP contribution in [0.1, 0.15) is 17.3 Å². The van der Waals surface area contributed by atoms with Crippen LogP contribution in [0.25, 0.3) is 0 Å². The molecular formula is C12H11F2NO3S. The molecule has 7 heteroatoms. The molecule has 4 nitrogen and oxygen atoms in total. The molecule has 0 aromatic heterocycles. The first-order valence-electron chi connectivity index (χ1n) is 5.19. The monoisotopic (exact) mass is 287 g/mol. The maximum absolute atomic E-state index is 12.4. The van der Waals surface area contributed by atoms with Crippen molar-refractivity contribution in [1.29, 1.82) is 0 Å². The van der Waals surface area contributed by atoms with E-state index in [2.05, 4.69) is 17.2 Å². The number of hydrogen-bond acceptors (Lipinski definition) is 3. The maximum Gasteiger partial charge on any atom is 0.341 e. The fourth-order valence-electron chi connectivity index (χ4n) is 1.23. The number of benzene rings is 1. The molecule has 0 atom stereocenters. The lowest BCUT2D eigenvalue weighted by Crippen LogP contribution is -2.24. The molecule has 1 N–H and O–H groups in total. The van der Waals surface area contributed by atoms with Gasteiger partial charge in [-0.1, -0.05) is 12.0 Å². The molecule has 19 heavy (non-hydrogen) atoms. The minimum Gasteiger partial charge on any atom is -0.341 e. The Kier molecular flexibility index (Phi) is 5.01. The first kappa shape index (κ1) is 15.1. The van der Waals surface area contributed by atoms with Crippen molar-refractivity contribution >= 4 is 15.7 Å². The predicted octanol–water partition coefficient (Wildman–Crippen LogP) is 1.44. The van der Waals surface area contributed by atoms with Crippen molar-refractivity contribution in [3.05, 3.63) is 29.8 Å². The van der Waals surface area contributed by atoms with Crippen LogP contribution < -0.4 is 5.32 Å². The van der Waals surface area contributed by atoms with Gasteiger partial charge in [0.05, 0.1) is 11.4 Å². The summed E-state index contributed by atoms with van der Waals surface area (Å²) in [5.74, 6) is 1.07. The molecule has 1 amide bonds.